The second-order valence-electron chi connectivity index (χ2n) is 6.53. The molecular formula is C18H16F3N5O. The van der Waals surface area contributed by atoms with Crippen molar-refractivity contribution in [1.82, 2.24) is 24.5 Å². The fourth-order valence-electron chi connectivity index (χ4n) is 3.46. The highest BCUT2D eigenvalue weighted by Gasteiger charge is 2.28. The predicted molar refractivity (Wildman–Crippen MR) is 90.2 cm³/mol. The lowest BCUT2D eigenvalue weighted by Gasteiger charge is -2.26. The van der Waals surface area contributed by atoms with E-state index < -0.39 is 17.5 Å². The van der Waals surface area contributed by atoms with Gasteiger partial charge in [-0.15, -0.1) is 0 Å². The number of aryl methyl sites for hydroxylation is 2. The summed E-state index contributed by atoms with van der Waals surface area (Å²) in [5.41, 5.74) is 2.69. The van der Waals surface area contributed by atoms with Crippen LogP contribution in [0, 0.1) is 17.5 Å². The first-order valence-corrected chi connectivity index (χ1v) is 8.32. The molecule has 0 spiro atoms. The third kappa shape index (κ3) is 2.88. The van der Waals surface area contributed by atoms with Crippen molar-refractivity contribution in [3.63, 3.8) is 0 Å². The average Bonchev–Trinajstić information content (AvgIpc) is 3.20. The van der Waals surface area contributed by atoms with Gasteiger partial charge in [0.2, 0.25) is 0 Å². The number of fused-ring (bicyclic) bond motifs is 1. The van der Waals surface area contributed by atoms with Crippen molar-refractivity contribution in [3.05, 3.63) is 58.8 Å². The van der Waals surface area contributed by atoms with Crippen LogP contribution in [-0.2, 0) is 27.1 Å². The number of rotatable bonds is 2. The zero-order valence-corrected chi connectivity index (χ0v) is 14.7. The first-order chi connectivity index (χ1) is 12.8. The Kier molecular flexibility index (Phi) is 4.01. The SMILES string of the molecule is Cn1cc(C(=O)N2CCc3c(nn(C)c3-c3cc(F)c(F)c(F)c3)C2)cn1. The van der Waals surface area contributed by atoms with Gasteiger partial charge in [-0.2, -0.15) is 10.2 Å². The molecule has 0 N–H and O–H groups in total. The molecule has 4 rings (SSSR count). The van der Waals surface area contributed by atoms with E-state index in [2.05, 4.69) is 10.2 Å². The lowest BCUT2D eigenvalue weighted by atomic mass is 9.99. The number of hydrogen-bond donors (Lipinski definition) is 0. The molecule has 1 amide bonds. The Morgan fingerprint density at radius 3 is 2.48 bits per heavy atom. The molecule has 6 nitrogen and oxygen atoms in total. The number of carbonyl (C=O) groups is 1. The van der Waals surface area contributed by atoms with Crippen LogP contribution in [0.15, 0.2) is 24.5 Å². The fourth-order valence-corrected chi connectivity index (χ4v) is 3.46. The molecule has 0 radical (unpaired) electrons. The summed E-state index contributed by atoms with van der Waals surface area (Å²) in [7, 11) is 3.39. The van der Waals surface area contributed by atoms with E-state index in [1.807, 2.05) is 0 Å². The third-order valence-corrected chi connectivity index (χ3v) is 4.70. The Hall–Kier alpha value is -3.10. The molecular weight excluding hydrogens is 359 g/mol. The molecule has 9 heteroatoms. The van der Waals surface area contributed by atoms with Gasteiger partial charge in [-0.3, -0.25) is 14.2 Å². The van der Waals surface area contributed by atoms with Gasteiger partial charge in [0.25, 0.3) is 5.91 Å². The second kappa shape index (κ2) is 6.26. The van der Waals surface area contributed by atoms with Crippen molar-refractivity contribution in [2.75, 3.05) is 6.54 Å². The van der Waals surface area contributed by atoms with E-state index >= 15 is 0 Å². The molecule has 3 aromatic rings. The molecule has 0 saturated heterocycles. The Bertz CT molecular complexity index is 1030. The predicted octanol–water partition coefficient (Wildman–Crippen LogP) is 2.44. The fraction of sp³-hybridized carbons (Fsp3) is 0.278. The smallest absolute Gasteiger partial charge is 0.257 e. The topological polar surface area (TPSA) is 56.0 Å². The van der Waals surface area contributed by atoms with Gasteiger partial charge < -0.3 is 4.90 Å². The number of benzene rings is 1. The van der Waals surface area contributed by atoms with E-state index in [1.165, 1.54) is 10.9 Å². The molecule has 0 saturated carbocycles. The Morgan fingerprint density at radius 2 is 1.85 bits per heavy atom. The van der Waals surface area contributed by atoms with Crippen molar-refractivity contribution in [2.45, 2.75) is 13.0 Å². The van der Waals surface area contributed by atoms with E-state index in [9.17, 15) is 18.0 Å². The van der Waals surface area contributed by atoms with Crippen LogP contribution in [0.25, 0.3) is 11.3 Å². The zero-order chi connectivity index (χ0) is 19.3. The Balaban J connectivity index is 1.67. The summed E-state index contributed by atoms with van der Waals surface area (Å²) in [6.07, 6.45) is 3.63. The Labute approximate surface area is 152 Å². The van der Waals surface area contributed by atoms with Crippen LogP contribution >= 0.6 is 0 Å². The summed E-state index contributed by atoms with van der Waals surface area (Å²) in [6, 6.07) is 1.92. The average molecular weight is 375 g/mol. The van der Waals surface area contributed by atoms with Crippen molar-refractivity contribution in [3.8, 4) is 11.3 Å². The molecule has 1 aliphatic heterocycles. The molecule has 0 atom stereocenters. The third-order valence-electron chi connectivity index (χ3n) is 4.70. The first kappa shape index (κ1) is 17.3. The number of carbonyl (C=O) groups excluding carboxylic acids is 1. The molecule has 27 heavy (non-hydrogen) atoms. The largest absolute Gasteiger partial charge is 0.332 e. The minimum absolute atomic E-state index is 0.153. The minimum Gasteiger partial charge on any atom is -0.332 e. The maximum absolute atomic E-state index is 13.6. The van der Waals surface area contributed by atoms with Crippen molar-refractivity contribution in [1.29, 1.82) is 0 Å². The maximum atomic E-state index is 13.6. The highest BCUT2D eigenvalue weighted by atomic mass is 19.2. The van der Waals surface area contributed by atoms with Gasteiger partial charge in [0, 0.05) is 38.0 Å². The summed E-state index contributed by atoms with van der Waals surface area (Å²) in [5.74, 6) is -4.14. The molecule has 3 heterocycles. The molecule has 140 valence electrons. The summed E-state index contributed by atoms with van der Waals surface area (Å²) in [6.45, 7) is 0.717. The molecule has 0 bridgehead atoms. The van der Waals surface area contributed by atoms with Crippen LogP contribution in [-0.4, -0.2) is 36.9 Å². The number of aromatic nitrogens is 4. The second-order valence-corrected chi connectivity index (χ2v) is 6.53. The maximum Gasteiger partial charge on any atom is 0.257 e. The first-order valence-electron chi connectivity index (χ1n) is 8.32. The van der Waals surface area contributed by atoms with Crippen LogP contribution in [0.1, 0.15) is 21.6 Å². The van der Waals surface area contributed by atoms with Crippen molar-refractivity contribution in [2.24, 2.45) is 14.1 Å². The lowest BCUT2D eigenvalue weighted by molar-refractivity contribution is 0.0732. The van der Waals surface area contributed by atoms with Crippen LogP contribution in [0.2, 0.25) is 0 Å². The summed E-state index contributed by atoms with van der Waals surface area (Å²) in [5, 5.41) is 8.41. The summed E-state index contributed by atoms with van der Waals surface area (Å²) in [4.78, 5) is 14.3. The van der Waals surface area contributed by atoms with Crippen LogP contribution in [0.5, 0.6) is 0 Å². The van der Waals surface area contributed by atoms with Crippen LogP contribution in [0.3, 0.4) is 0 Å². The van der Waals surface area contributed by atoms with Gasteiger partial charge in [-0.1, -0.05) is 0 Å². The van der Waals surface area contributed by atoms with Gasteiger partial charge in [-0.25, -0.2) is 13.2 Å². The zero-order valence-electron chi connectivity index (χ0n) is 14.7. The van der Waals surface area contributed by atoms with Gasteiger partial charge in [0.05, 0.1) is 29.7 Å². The number of nitrogens with zero attached hydrogens (tertiary/aromatic N) is 5. The number of hydrogen-bond acceptors (Lipinski definition) is 3. The standard InChI is InChI=1S/C18H16F3N5O/c1-24-8-11(7-22-24)18(27)26-4-3-12-15(9-26)23-25(2)17(12)10-5-13(19)16(21)14(20)6-10/h5-8H,3-4,9H2,1-2H3. The number of amides is 1. The summed E-state index contributed by atoms with van der Waals surface area (Å²) >= 11 is 0. The lowest BCUT2D eigenvalue weighted by Crippen LogP contribution is -2.35. The van der Waals surface area contributed by atoms with E-state index in [1.54, 1.807) is 29.9 Å². The van der Waals surface area contributed by atoms with E-state index in [4.69, 9.17) is 0 Å². The van der Waals surface area contributed by atoms with Crippen molar-refractivity contribution >= 4 is 5.91 Å². The molecule has 1 aliphatic rings. The van der Waals surface area contributed by atoms with E-state index in [0.717, 1.165) is 17.7 Å². The van der Waals surface area contributed by atoms with E-state index in [-0.39, 0.29) is 18.0 Å². The monoisotopic (exact) mass is 375 g/mol. The molecule has 0 aliphatic carbocycles. The number of halogens is 3. The molecule has 2 aromatic heterocycles. The van der Waals surface area contributed by atoms with Gasteiger partial charge in [-0.05, 0) is 18.6 Å². The Morgan fingerprint density at radius 1 is 1.15 bits per heavy atom. The minimum atomic E-state index is -1.50. The molecule has 0 unspecified atom stereocenters. The van der Waals surface area contributed by atoms with Crippen LogP contribution < -0.4 is 0 Å². The quantitative estimate of drug-likeness (QED) is 0.647. The van der Waals surface area contributed by atoms with Crippen LogP contribution in [0.4, 0.5) is 13.2 Å². The van der Waals surface area contributed by atoms with Gasteiger partial charge in [0.15, 0.2) is 17.5 Å². The highest BCUT2D eigenvalue weighted by molar-refractivity contribution is 5.93. The molecule has 1 aromatic carbocycles. The summed E-state index contributed by atoms with van der Waals surface area (Å²) < 4.78 is 43.6. The van der Waals surface area contributed by atoms with Gasteiger partial charge >= 0.3 is 0 Å². The van der Waals surface area contributed by atoms with Crippen molar-refractivity contribution < 1.29 is 18.0 Å². The van der Waals surface area contributed by atoms with E-state index in [0.29, 0.717) is 29.9 Å². The normalized spacial score (nSPS) is 13.7. The highest BCUT2D eigenvalue weighted by Crippen LogP contribution is 2.32. The van der Waals surface area contributed by atoms with Gasteiger partial charge in [0.1, 0.15) is 0 Å². The molecule has 0 fully saturated rings.